The molecule has 218 valence electrons. The van der Waals surface area contributed by atoms with Crippen molar-refractivity contribution in [3.05, 3.63) is 131 Å². The number of pyridine rings is 1. The smallest absolute Gasteiger partial charge is 0.137 e. The number of para-hydroxylation sites is 1. The maximum Gasteiger partial charge on any atom is 0.137 e. The van der Waals surface area contributed by atoms with Gasteiger partial charge in [0.05, 0.1) is 22.9 Å². The van der Waals surface area contributed by atoms with Crippen LogP contribution < -0.4 is 4.74 Å². The van der Waals surface area contributed by atoms with Crippen molar-refractivity contribution in [2.45, 2.75) is 47.5 Å². The molecule has 5 heteroatoms. The summed E-state index contributed by atoms with van der Waals surface area (Å²) in [6, 6.07) is 29.3. The zero-order valence-electron chi connectivity index (χ0n) is 25.9. The molecule has 5 nitrogen and oxygen atoms in total. The van der Waals surface area contributed by atoms with Crippen LogP contribution in [0.1, 0.15) is 41.7 Å². The number of ether oxygens (including phenoxy) is 1. The number of nitrogens with zero attached hydrogens (tertiary/aromatic N) is 4. The van der Waals surface area contributed by atoms with Crippen molar-refractivity contribution >= 4 is 21.8 Å². The first-order valence-corrected chi connectivity index (χ1v) is 15.4. The lowest BCUT2D eigenvalue weighted by atomic mass is 9.88. The molecule has 0 aliphatic carbocycles. The van der Waals surface area contributed by atoms with Crippen LogP contribution >= 0.6 is 0 Å². The third-order valence-electron chi connectivity index (χ3n) is 8.70. The lowest BCUT2D eigenvalue weighted by Gasteiger charge is -2.17. The predicted molar refractivity (Wildman–Crippen MR) is 181 cm³/mol. The topological polar surface area (TPSA) is 44.9 Å². The molecule has 3 heterocycles. The molecule has 3 aromatic heterocycles. The van der Waals surface area contributed by atoms with Gasteiger partial charge in [-0.15, -0.1) is 0 Å². The van der Waals surface area contributed by atoms with Crippen molar-refractivity contribution < 1.29 is 4.74 Å². The fraction of sp³-hybridized carbons (Fsp3) is 0.179. The van der Waals surface area contributed by atoms with Crippen LogP contribution in [0, 0.1) is 20.8 Å². The van der Waals surface area contributed by atoms with Crippen molar-refractivity contribution in [2.24, 2.45) is 0 Å². The fourth-order valence-corrected chi connectivity index (χ4v) is 6.68. The molecule has 0 spiro atoms. The van der Waals surface area contributed by atoms with E-state index in [1.54, 1.807) is 0 Å². The lowest BCUT2D eigenvalue weighted by Crippen LogP contribution is -2.00. The van der Waals surface area contributed by atoms with E-state index in [2.05, 4.69) is 100.0 Å². The summed E-state index contributed by atoms with van der Waals surface area (Å²) in [5.74, 6) is 2.41. The molecular weight excluding hydrogens is 540 g/mol. The Hall–Kier alpha value is -5.16. The second-order valence-corrected chi connectivity index (χ2v) is 11.5. The molecule has 4 aromatic carbocycles. The van der Waals surface area contributed by atoms with E-state index in [9.17, 15) is 0 Å². The number of aryl methyl sites for hydroxylation is 3. The van der Waals surface area contributed by atoms with E-state index < -0.39 is 0 Å². The molecule has 44 heavy (non-hydrogen) atoms. The number of fused-ring (bicyclic) bond motifs is 3. The maximum atomic E-state index is 6.47. The molecule has 0 saturated heterocycles. The zero-order valence-corrected chi connectivity index (χ0v) is 25.9. The zero-order chi connectivity index (χ0) is 30.4. The Balaban J connectivity index is 1.24. The van der Waals surface area contributed by atoms with Gasteiger partial charge < -0.3 is 4.74 Å². The van der Waals surface area contributed by atoms with Gasteiger partial charge in [0.1, 0.15) is 17.3 Å². The Labute approximate surface area is 258 Å². The number of hydrogen-bond donors (Lipinski definition) is 0. The van der Waals surface area contributed by atoms with E-state index in [0.29, 0.717) is 0 Å². The van der Waals surface area contributed by atoms with E-state index in [1.807, 2.05) is 47.4 Å². The SMILES string of the molecule is CCc1cc(C)c(-c2cnn(-c3cccc(Oc4ccc5c6ccccc6n(-c6cc(C)ccn6)c5c4)c3)c2)c(C)c1CC. The van der Waals surface area contributed by atoms with Gasteiger partial charge in [-0.2, -0.15) is 5.10 Å². The molecule has 0 atom stereocenters. The highest BCUT2D eigenvalue weighted by atomic mass is 16.5. The van der Waals surface area contributed by atoms with Crippen LogP contribution in [0.15, 0.2) is 104 Å². The Morgan fingerprint density at radius 1 is 0.750 bits per heavy atom. The monoisotopic (exact) mass is 576 g/mol. The lowest BCUT2D eigenvalue weighted by molar-refractivity contribution is 0.483. The average molecular weight is 577 g/mol. The Bertz CT molecular complexity index is 2170. The summed E-state index contributed by atoms with van der Waals surface area (Å²) in [7, 11) is 0. The van der Waals surface area contributed by atoms with Crippen LogP contribution in [0.2, 0.25) is 0 Å². The maximum absolute atomic E-state index is 6.47. The van der Waals surface area contributed by atoms with Crippen molar-refractivity contribution in [3.8, 4) is 34.1 Å². The molecule has 0 aliphatic rings. The minimum Gasteiger partial charge on any atom is -0.457 e. The highest BCUT2D eigenvalue weighted by Gasteiger charge is 2.16. The summed E-state index contributed by atoms with van der Waals surface area (Å²) in [5, 5.41) is 7.11. The minimum absolute atomic E-state index is 0.753. The van der Waals surface area contributed by atoms with Gasteiger partial charge in [-0.3, -0.25) is 4.57 Å². The predicted octanol–water partition coefficient (Wildman–Crippen LogP) is 9.87. The van der Waals surface area contributed by atoms with Gasteiger partial charge in [0.25, 0.3) is 0 Å². The second-order valence-electron chi connectivity index (χ2n) is 11.5. The third kappa shape index (κ3) is 4.75. The molecule has 0 aliphatic heterocycles. The van der Waals surface area contributed by atoms with E-state index in [1.165, 1.54) is 38.8 Å². The van der Waals surface area contributed by atoms with Crippen LogP contribution in [-0.2, 0) is 12.8 Å². The Kier molecular flexibility index (Phi) is 7.01. The van der Waals surface area contributed by atoms with Crippen LogP contribution in [0.3, 0.4) is 0 Å². The first kappa shape index (κ1) is 27.7. The number of benzene rings is 4. The average Bonchev–Trinajstić information content (AvgIpc) is 3.64. The largest absolute Gasteiger partial charge is 0.457 e. The fourth-order valence-electron chi connectivity index (χ4n) is 6.68. The summed E-state index contributed by atoms with van der Waals surface area (Å²) in [6.45, 7) is 11.0. The minimum atomic E-state index is 0.753. The van der Waals surface area contributed by atoms with Crippen molar-refractivity contribution in [1.82, 2.24) is 19.3 Å². The van der Waals surface area contributed by atoms with E-state index in [4.69, 9.17) is 14.8 Å². The van der Waals surface area contributed by atoms with E-state index in [-0.39, 0.29) is 0 Å². The van der Waals surface area contributed by atoms with Crippen LogP contribution in [0.5, 0.6) is 11.5 Å². The van der Waals surface area contributed by atoms with Crippen molar-refractivity contribution in [1.29, 1.82) is 0 Å². The summed E-state index contributed by atoms with van der Waals surface area (Å²) in [4.78, 5) is 4.71. The van der Waals surface area contributed by atoms with Gasteiger partial charge in [0.2, 0.25) is 0 Å². The standard InChI is InChI=1S/C39H36N4O/c1-6-28-20-26(4)39(27(5)33(28)7-2)29-23-41-42(24-29)30-11-10-12-31(21-30)44-32-15-16-35-34-13-8-9-14-36(34)43(37(35)22-32)38-19-25(3)17-18-40-38/h8-24H,6-7H2,1-5H3. The van der Waals surface area contributed by atoms with Crippen LogP contribution in [0.4, 0.5) is 0 Å². The summed E-state index contributed by atoms with van der Waals surface area (Å²) < 4.78 is 10.6. The van der Waals surface area contributed by atoms with Gasteiger partial charge in [-0.25, -0.2) is 9.67 Å². The van der Waals surface area contributed by atoms with Crippen molar-refractivity contribution in [3.63, 3.8) is 0 Å². The Morgan fingerprint density at radius 3 is 2.39 bits per heavy atom. The number of rotatable bonds is 7. The third-order valence-corrected chi connectivity index (χ3v) is 8.70. The summed E-state index contributed by atoms with van der Waals surface area (Å²) in [6.07, 6.45) is 8.04. The first-order valence-electron chi connectivity index (χ1n) is 15.4. The molecule has 0 unspecified atom stereocenters. The number of aromatic nitrogens is 4. The molecule has 0 bridgehead atoms. The molecule has 0 amide bonds. The van der Waals surface area contributed by atoms with Gasteiger partial charge in [0.15, 0.2) is 0 Å². The first-order chi connectivity index (χ1) is 21.4. The van der Waals surface area contributed by atoms with Gasteiger partial charge in [-0.1, -0.05) is 44.2 Å². The molecule has 0 N–H and O–H groups in total. The Morgan fingerprint density at radius 2 is 1.57 bits per heavy atom. The number of hydrogen-bond acceptors (Lipinski definition) is 3. The van der Waals surface area contributed by atoms with Gasteiger partial charge in [-0.05, 0) is 109 Å². The molecule has 7 rings (SSSR count). The van der Waals surface area contributed by atoms with Gasteiger partial charge >= 0.3 is 0 Å². The quantitative estimate of drug-likeness (QED) is 0.190. The molecule has 0 fully saturated rings. The van der Waals surface area contributed by atoms with Crippen molar-refractivity contribution in [2.75, 3.05) is 0 Å². The van der Waals surface area contributed by atoms with Crippen LogP contribution in [0.25, 0.3) is 44.4 Å². The van der Waals surface area contributed by atoms with Gasteiger partial charge in [0, 0.05) is 40.9 Å². The molecule has 0 radical (unpaired) electrons. The highest BCUT2D eigenvalue weighted by Crippen LogP contribution is 2.36. The molecule has 7 aromatic rings. The van der Waals surface area contributed by atoms with E-state index in [0.717, 1.165) is 57.8 Å². The second kappa shape index (κ2) is 11.2. The normalized spacial score (nSPS) is 11.5. The molecule has 0 saturated carbocycles. The summed E-state index contributed by atoms with van der Waals surface area (Å²) in [5.41, 5.74) is 12.2. The van der Waals surface area contributed by atoms with Crippen LogP contribution in [-0.4, -0.2) is 19.3 Å². The summed E-state index contributed by atoms with van der Waals surface area (Å²) >= 11 is 0. The molecular formula is C39H36N4O. The van der Waals surface area contributed by atoms with E-state index >= 15 is 0 Å². The highest BCUT2D eigenvalue weighted by molar-refractivity contribution is 6.09.